The Morgan fingerprint density at radius 3 is 2.31 bits per heavy atom. The molecule has 2 heterocycles. The molecule has 5 nitrogen and oxygen atoms in total. The number of hydrogen-bond donors (Lipinski definition) is 1. The van der Waals surface area contributed by atoms with Crippen molar-refractivity contribution in [1.29, 1.82) is 0 Å². The molecular formula is C34H31F3N2O3. The lowest BCUT2D eigenvalue weighted by molar-refractivity contribution is -0.153. The van der Waals surface area contributed by atoms with Crippen LogP contribution in [0.25, 0.3) is 21.9 Å². The van der Waals surface area contributed by atoms with Gasteiger partial charge in [0.1, 0.15) is 11.2 Å². The highest BCUT2D eigenvalue weighted by atomic mass is 19.4. The Hall–Kier alpha value is -4.43. The molecule has 0 atom stereocenters. The van der Waals surface area contributed by atoms with E-state index in [1.807, 2.05) is 55.5 Å². The van der Waals surface area contributed by atoms with Gasteiger partial charge >= 0.3 is 12.1 Å². The van der Waals surface area contributed by atoms with Gasteiger partial charge < -0.3 is 9.52 Å². The number of alkyl halides is 3. The van der Waals surface area contributed by atoms with E-state index in [4.69, 9.17) is 4.42 Å². The Morgan fingerprint density at radius 2 is 1.62 bits per heavy atom. The van der Waals surface area contributed by atoms with Crippen molar-refractivity contribution in [1.82, 2.24) is 9.88 Å². The van der Waals surface area contributed by atoms with E-state index in [9.17, 15) is 23.1 Å². The summed E-state index contributed by atoms with van der Waals surface area (Å²) in [5.74, 6) is -1.73. The van der Waals surface area contributed by atoms with Gasteiger partial charge in [0.15, 0.2) is 0 Å². The fourth-order valence-electron chi connectivity index (χ4n) is 5.00. The van der Waals surface area contributed by atoms with E-state index in [2.05, 4.69) is 28.1 Å². The minimum Gasteiger partial charge on any atom is -0.481 e. The second kappa shape index (κ2) is 11.4. The van der Waals surface area contributed by atoms with Gasteiger partial charge in [-0.15, -0.1) is 0 Å². The zero-order valence-electron chi connectivity index (χ0n) is 23.6. The van der Waals surface area contributed by atoms with Crippen LogP contribution in [0, 0.1) is 6.92 Å². The van der Waals surface area contributed by atoms with Gasteiger partial charge in [0.25, 0.3) is 0 Å². The monoisotopic (exact) mass is 572 g/mol. The summed E-state index contributed by atoms with van der Waals surface area (Å²) in [7, 11) is 0. The maximum Gasteiger partial charge on any atom is 0.449 e. The van der Waals surface area contributed by atoms with E-state index in [-0.39, 0.29) is 12.3 Å². The predicted octanol–water partition coefficient (Wildman–Crippen LogP) is 8.39. The van der Waals surface area contributed by atoms with E-state index < -0.39 is 23.3 Å². The van der Waals surface area contributed by atoms with E-state index in [0.717, 1.165) is 44.7 Å². The van der Waals surface area contributed by atoms with Crippen LogP contribution in [-0.4, -0.2) is 21.0 Å². The van der Waals surface area contributed by atoms with Gasteiger partial charge in [-0.1, -0.05) is 60.7 Å². The number of pyridine rings is 1. The van der Waals surface area contributed by atoms with Crippen LogP contribution in [0.15, 0.2) is 95.5 Å². The molecule has 0 radical (unpaired) electrons. The average molecular weight is 573 g/mol. The first-order chi connectivity index (χ1) is 19.9. The number of carboxylic acids is 1. The molecule has 0 saturated heterocycles. The third kappa shape index (κ3) is 6.24. The molecule has 1 N–H and O–H groups in total. The minimum absolute atomic E-state index is 0.193. The van der Waals surface area contributed by atoms with Gasteiger partial charge in [-0.3, -0.25) is 14.7 Å². The number of carbonyl (C=O) groups is 1. The average Bonchev–Trinajstić information content (AvgIpc) is 3.44. The van der Waals surface area contributed by atoms with Crippen LogP contribution in [-0.2, 0) is 36.0 Å². The van der Waals surface area contributed by atoms with Crippen molar-refractivity contribution >= 4 is 16.7 Å². The molecule has 0 spiro atoms. The van der Waals surface area contributed by atoms with Gasteiger partial charge in [-0.05, 0) is 83.6 Å². The predicted molar refractivity (Wildman–Crippen MR) is 156 cm³/mol. The highest BCUT2D eigenvalue weighted by Crippen LogP contribution is 2.32. The first-order valence-corrected chi connectivity index (χ1v) is 13.6. The number of furan rings is 1. The van der Waals surface area contributed by atoms with Crippen molar-refractivity contribution in [3.8, 4) is 11.1 Å². The lowest BCUT2D eigenvalue weighted by atomic mass is 9.87. The molecule has 42 heavy (non-hydrogen) atoms. The first kappa shape index (κ1) is 29.1. The summed E-state index contributed by atoms with van der Waals surface area (Å²) >= 11 is 0. The first-order valence-electron chi connectivity index (χ1n) is 13.6. The van der Waals surface area contributed by atoms with E-state index in [1.54, 1.807) is 26.1 Å². The van der Waals surface area contributed by atoms with Crippen LogP contribution in [0.5, 0.6) is 0 Å². The fraction of sp³-hybridized carbons (Fsp3) is 0.235. The largest absolute Gasteiger partial charge is 0.481 e. The molecule has 5 aromatic rings. The summed E-state index contributed by atoms with van der Waals surface area (Å²) < 4.78 is 44.9. The van der Waals surface area contributed by atoms with Crippen LogP contribution in [0.2, 0.25) is 0 Å². The van der Waals surface area contributed by atoms with Crippen LogP contribution in [0.3, 0.4) is 0 Å². The summed E-state index contributed by atoms with van der Waals surface area (Å²) in [6.45, 7) is 6.45. The highest BCUT2D eigenvalue weighted by molar-refractivity contribution is 5.86. The molecule has 0 amide bonds. The third-order valence-electron chi connectivity index (χ3n) is 7.61. The Bertz CT molecular complexity index is 1720. The van der Waals surface area contributed by atoms with Crippen LogP contribution in [0.1, 0.15) is 47.8 Å². The SMILES string of the molecule is Cc1ccc2ccccc2c1CN(Cc1ccc(-c2ccnc(C(C)(C)C(=O)O)c2)cc1)Cc1ccc(C(F)(F)F)o1. The quantitative estimate of drug-likeness (QED) is 0.192. The summed E-state index contributed by atoms with van der Waals surface area (Å²) in [5, 5.41) is 11.8. The van der Waals surface area contributed by atoms with Crippen molar-refractivity contribution in [3.05, 3.63) is 125 Å². The molecule has 3 aromatic carbocycles. The van der Waals surface area contributed by atoms with Crippen molar-refractivity contribution in [2.45, 2.75) is 52.0 Å². The Balaban J connectivity index is 1.43. The van der Waals surface area contributed by atoms with Gasteiger partial charge in [0.2, 0.25) is 5.76 Å². The molecule has 216 valence electrons. The molecule has 0 bridgehead atoms. The van der Waals surface area contributed by atoms with Gasteiger partial charge in [-0.2, -0.15) is 13.2 Å². The summed E-state index contributed by atoms with van der Waals surface area (Å²) in [4.78, 5) is 18.1. The number of aryl methyl sites for hydroxylation is 1. The second-order valence-corrected chi connectivity index (χ2v) is 11.0. The number of halogens is 3. The number of fused-ring (bicyclic) bond motifs is 1. The molecule has 0 aliphatic carbocycles. The lowest BCUT2D eigenvalue weighted by Crippen LogP contribution is -2.29. The molecule has 0 aliphatic rings. The smallest absolute Gasteiger partial charge is 0.449 e. The van der Waals surface area contributed by atoms with Crippen molar-refractivity contribution < 1.29 is 27.5 Å². The van der Waals surface area contributed by atoms with Gasteiger partial charge in [0, 0.05) is 19.3 Å². The molecular weight excluding hydrogens is 541 g/mol. The molecule has 0 unspecified atom stereocenters. The Labute approximate surface area is 242 Å². The van der Waals surface area contributed by atoms with E-state index >= 15 is 0 Å². The van der Waals surface area contributed by atoms with Crippen molar-refractivity contribution in [2.75, 3.05) is 0 Å². The molecule has 5 rings (SSSR count). The summed E-state index contributed by atoms with van der Waals surface area (Å²) in [6, 6.07) is 26.1. The van der Waals surface area contributed by atoms with E-state index in [1.165, 1.54) is 6.07 Å². The van der Waals surface area contributed by atoms with Crippen LogP contribution >= 0.6 is 0 Å². The fourth-order valence-corrected chi connectivity index (χ4v) is 5.00. The number of aromatic nitrogens is 1. The van der Waals surface area contributed by atoms with E-state index in [0.29, 0.717) is 18.8 Å². The molecule has 2 aromatic heterocycles. The maximum atomic E-state index is 13.2. The lowest BCUT2D eigenvalue weighted by Gasteiger charge is -2.24. The number of carboxylic acid groups (broad SMARTS) is 1. The van der Waals surface area contributed by atoms with Gasteiger partial charge in [0.05, 0.1) is 12.2 Å². The molecule has 0 fully saturated rings. The van der Waals surface area contributed by atoms with Crippen LogP contribution in [0.4, 0.5) is 13.2 Å². The number of nitrogens with zero attached hydrogens (tertiary/aromatic N) is 2. The number of benzene rings is 3. The molecule has 0 saturated carbocycles. The van der Waals surface area contributed by atoms with Crippen molar-refractivity contribution in [2.24, 2.45) is 0 Å². The maximum absolute atomic E-state index is 13.2. The topological polar surface area (TPSA) is 66.6 Å². The summed E-state index contributed by atoms with van der Waals surface area (Å²) in [5.41, 5.74) is 4.26. The number of hydrogen-bond acceptors (Lipinski definition) is 4. The minimum atomic E-state index is -4.54. The third-order valence-corrected chi connectivity index (χ3v) is 7.61. The zero-order valence-corrected chi connectivity index (χ0v) is 23.6. The second-order valence-electron chi connectivity index (χ2n) is 11.0. The standard InChI is InChI=1S/C34H31F3N2O3/c1-22-8-11-25-6-4-5-7-28(25)29(22)21-39(20-27-14-15-31(42-27)34(35,36)37)19-23-9-12-24(13-10-23)26-16-17-38-30(18-26)33(2,3)32(40)41/h4-18H,19-21H2,1-3H3,(H,40,41). The Morgan fingerprint density at radius 1 is 0.881 bits per heavy atom. The Kier molecular flexibility index (Phi) is 7.93. The normalized spacial score (nSPS) is 12.3. The number of rotatable bonds is 9. The van der Waals surface area contributed by atoms with Crippen molar-refractivity contribution in [3.63, 3.8) is 0 Å². The highest BCUT2D eigenvalue weighted by Gasteiger charge is 2.35. The number of aliphatic carboxylic acids is 1. The van der Waals surface area contributed by atoms with Gasteiger partial charge in [-0.25, -0.2) is 0 Å². The zero-order chi connectivity index (χ0) is 30.1. The van der Waals surface area contributed by atoms with Crippen LogP contribution < -0.4 is 0 Å². The molecule has 0 aliphatic heterocycles. The summed E-state index contributed by atoms with van der Waals surface area (Å²) in [6.07, 6.45) is -2.94. The molecule has 8 heteroatoms.